The molecule has 90 valence electrons. The van der Waals surface area contributed by atoms with Gasteiger partial charge in [0.15, 0.2) is 0 Å². The van der Waals surface area contributed by atoms with Gasteiger partial charge in [-0.1, -0.05) is 30.3 Å². The van der Waals surface area contributed by atoms with E-state index in [0.717, 1.165) is 0 Å². The van der Waals surface area contributed by atoms with Crippen molar-refractivity contribution >= 4 is 11.7 Å². The van der Waals surface area contributed by atoms with E-state index in [0.29, 0.717) is 11.1 Å². The molecule has 2 aromatic carbocycles. The predicted molar refractivity (Wildman–Crippen MR) is 65.5 cm³/mol. The lowest BCUT2D eigenvalue weighted by Gasteiger charge is -2.06. The molecule has 0 spiro atoms. The molecule has 0 fully saturated rings. The number of aromatic carboxylic acids is 1. The number of hydrogen-bond acceptors (Lipinski definition) is 3. The minimum atomic E-state index is -1.11. The minimum absolute atomic E-state index is 0.0480. The molecule has 0 saturated heterocycles. The molecule has 0 unspecified atom stereocenters. The summed E-state index contributed by atoms with van der Waals surface area (Å²) in [7, 11) is 0. The Bertz CT molecular complexity index is 566. The van der Waals surface area contributed by atoms with Gasteiger partial charge in [0.1, 0.15) is 0 Å². The summed E-state index contributed by atoms with van der Waals surface area (Å²) in [5.41, 5.74) is 0.593. The van der Waals surface area contributed by atoms with Gasteiger partial charge in [0, 0.05) is 11.6 Å². The normalized spacial score (nSPS) is 10.0. The number of carbonyl (C=O) groups is 1. The highest BCUT2D eigenvalue weighted by molar-refractivity contribution is 5.97. The summed E-state index contributed by atoms with van der Waals surface area (Å²) in [6.07, 6.45) is 0. The first kappa shape index (κ1) is 11.8. The van der Waals surface area contributed by atoms with Crippen LogP contribution in [0.1, 0.15) is 10.4 Å². The standard InChI is InChI=1S/C13H9NO4/c15-13(16)11-7-2-1-5-9(11)10-6-3-4-8-12(10)14(17)18/h1-8H,(H,15,16). The molecule has 0 aliphatic carbocycles. The Morgan fingerprint density at radius 2 is 1.56 bits per heavy atom. The highest BCUT2D eigenvalue weighted by atomic mass is 16.6. The van der Waals surface area contributed by atoms with Crippen molar-refractivity contribution in [2.24, 2.45) is 0 Å². The second-order valence-electron chi connectivity index (χ2n) is 3.62. The Hall–Kier alpha value is -2.69. The average Bonchev–Trinajstić information content (AvgIpc) is 2.38. The van der Waals surface area contributed by atoms with E-state index in [2.05, 4.69) is 0 Å². The zero-order valence-electron chi connectivity index (χ0n) is 9.24. The van der Waals surface area contributed by atoms with Crippen molar-refractivity contribution < 1.29 is 14.8 Å². The van der Waals surface area contributed by atoms with E-state index < -0.39 is 10.9 Å². The number of para-hydroxylation sites is 1. The van der Waals surface area contributed by atoms with Crippen LogP contribution in [0.15, 0.2) is 48.5 Å². The first-order chi connectivity index (χ1) is 8.61. The Morgan fingerprint density at radius 3 is 2.17 bits per heavy atom. The lowest BCUT2D eigenvalue weighted by atomic mass is 9.98. The van der Waals surface area contributed by atoms with Crippen molar-refractivity contribution in [3.8, 4) is 11.1 Å². The fraction of sp³-hybridized carbons (Fsp3) is 0. The summed E-state index contributed by atoms with van der Waals surface area (Å²) in [6, 6.07) is 12.3. The number of benzene rings is 2. The van der Waals surface area contributed by atoms with Crippen LogP contribution in [0.5, 0.6) is 0 Å². The first-order valence-corrected chi connectivity index (χ1v) is 5.17. The Balaban J connectivity index is 2.70. The third kappa shape index (κ3) is 2.06. The van der Waals surface area contributed by atoms with Crippen LogP contribution in [-0.4, -0.2) is 16.0 Å². The summed E-state index contributed by atoms with van der Waals surface area (Å²) in [6.45, 7) is 0. The second-order valence-corrected chi connectivity index (χ2v) is 3.62. The summed E-state index contributed by atoms with van der Waals surface area (Å²) in [5.74, 6) is -1.11. The molecule has 5 heteroatoms. The molecule has 0 bridgehead atoms. The SMILES string of the molecule is O=C(O)c1ccccc1-c1ccccc1[N+](=O)[O-]. The maximum absolute atomic E-state index is 11.1. The quantitative estimate of drug-likeness (QED) is 0.663. The van der Waals surface area contributed by atoms with Crippen LogP contribution in [0.3, 0.4) is 0 Å². The van der Waals surface area contributed by atoms with Crippen molar-refractivity contribution in [1.29, 1.82) is 0 Å². The number of nitro groups is 1. The van der Waals surface area contributed by atoms with Crippen molar-refractivity contribution in [3.63, 3.8) is 0 Å². The molecule has 5 nitrogen and oxygen atoms in total. The zero-order chi connectivity index (χ0) is 13.1. The van der Waals surface area contributed by atoms with E-state index >= 15 is 0 Å². The van der Waals surface area contributed by atoms with Crippen LogP contribution in [-0.2, 0) is 0 Å². The molecule has 0 saturated carbocycles. The maximum Gasteiger partial charge on any atom is 0.336 e. The van der Waals surface area contributed by atoms with E-state index in [1.807, 2.05) is 0 Å². The summed E-state index contributed by atoms with van der Waals surface area (Å²) in [5, 5.41) is 20.0. The van der Waals surface area contributed by atoms with Gasteiger partial charge < -0.3 is 5.11 Å². The fourth-order valence-corrected chi connectivity index (χ4v) is 1.77. The molecule has 1 N–H and O–H groups in total. The fourth-order valence-electron chi connectivity index (χ4n) is 1.77. The Labute approximate surface area is 102 Å². The molecule has 0 aromatic heterocycles. The van der Waals surface area contributed by atoms with Crippen molar-refractivity contribution in [1.82, 2.24) is 0 Å². The van der Waals surface area contributed by atoms with E-state index in [1.165, 1.54) is 12.1 Å². The van der Waals surface area contributed by atoms with E-state index in [1.54, 1.807) is 36.4 Å². The van der Waals surface area contributed by atoms with Crippen LogP contribution in [0, 0.1) is 10.1 Å². The van der Waals surface area contributed by atoms with Crippen molar-refractivity contribution in [3.05, 3.63) is 64.2 Å². The van der Waals surface area contributed by atoms with Gasteiger partial charge >= 0.3 is 5.97 Å². The van der Waals surface area contributed by atoms with Crippen molar-refractivity contribution in [2.45, 2.75) is 0 Å². The molecular formula is C13H9NO4. The first-order valence-electron chi connectivity index (χ1n) is 5.17. The predicted octanol–water partition coefficient (Wildman–Crippen LogP) is 2.96. The molecule has 0 aliphatic rings. The minimum Gasteiger partial charge on any atom is -0.478 e. The molecule has 0 aliphatic heterocycles. The number of carboxylic acid groups (broad SMARTS) is 1. The van der Waals surface area contributed by atoms with Gasteiger partial charge in [0.25, 0.3) is 5.69 Å². The topological polar surface area (TPSA) is 80.4 Å². The second kappa shape index (κ2) is 4.67. The highest BCUT2D eigenvalue weighted by Gasteiger charge is 2.18. The van der Waals surface area contributed by atoms with E-state index in [9.17, 15) is 14.9 Å². The molecular weight excluding hydrogens is 234 g/mol. The van der Waals surface area contributed by atoms with Crippen LogP contribution < -0.4 is 0 Å². The van der Waals surface area contributed by atoms with Gasteiger partial charge in [-0.05, 0) is 12.1 Å². The number of hydrogen-bond donors (Lipinski definition) is 1. The lowest BCUT2D eigenvalue weighted by Crippen LogP contribution is -2.00. The maximum atomic E-state index is 11.1. The van der Waals surface area contributed by atoms with Gasteiger partial charge in [0.2, 0.25) is 0 Å². The summed E-state index contributed by atoms with van der Waals surface area (Å²) >= 11 is 0. The summed E-state index contributed by atoms with van der Waals surface area (Å²) < 4.78 is 0. The Morgan fingerprint density at radius 1 is 1.00 bits per heavy atom. The van der Waals surface area contributed by atoms with Crippen LogP contribution in [0.25, 0.3) is 11.1 Å². The molecule has 0 amide bonds. The van der Waals surface area contributed by atoms with Crippen LogP contribution >= 0.6 is 0 Å². The molecule has 0 heterocycles. The highest BCUT2D eigenvalue weighted by Crippen LogP contribution is 2.31. The van der Waals surface area contributed by atoms with Gasteiger partial charge in [-0.3, -0.25) is 10.1 Å². The largest absolute Gasteiger partial charge is 0.478 e. The third-order valence-electron chi connectivity index (χ3n) is 2.55. The van der Waals surface area contributed by atoms with E-state index in [-0.39, 0.29) is 11.3 Å². The smallest absolute Gasteiger partial charge is 0.336 e. The molecule has 2 rings (SSSR count). The number of nitrogens with zero attached hydrogens (tertiary/aromatic N) is 1. The molecule has 18 heavy (non-hydrogen) atoms. The van der Waals surface area contributed by atoms with Gasteiger partial charge in [-0.15, -0.1) is 0 Å². The van der Waals surface area contributed by atoms with Crippen LogP contribution in [0.2, 0.25) is 0 Å². The number of nitro benzene ring substituents is 1. The third-order valence-corrected chi connectivity index (χ3v) is 2.55. The van der Waals surface area contributed by atoms with Crippen molar-refractivity contribution in [2.75, 3.05) is 0 Å². The number of rotatable bonds is 3. The average molecular weight is 243 g/mol. The zero-order valence-corrected chi connectivity index (χ0v) is 9.24. The molecule has 2 aromatic rings. The molecule has 0 atom stereocenters. The number of carboxylic acids is 1. The van der Waals surface area contributed by atoms with E-state index in [4.69, 9.17) is 5.11 Å². The van der Waals surface area contributed by atoms with Crippen LogP contribution in [0.4, 0.5) is 5.69 Å². The van der Waals surface area contributed by atoms with Gasteiger partial charge in [-0.2, -0.15) is 0 Å². The lowest BCUT2D eigenvalue weighted by molar-refractivity contribution is -0.384. The molecule has 0 radical (unpaired) electrons. The Kier molecular flexibility index (Phi) is 3.05. The van der Waals surface area contributed by atoms with Gasteiger partial charge in [0.05, 0.1) is 16.1 Å². The monoisotopic (exact) mass is 243 g/mol. The summed E-state index contributed by atoms with van der Waals surface area (Å²) in [4.78, 5) is 21.5. The van der Waals surface area contributed by atoms with Gasteiger partial charge in [-0.25, -0.2) is 4.79 Å².